The van der Waals surface area contributed by atoms with Crippen LogP contribution < -0.4 is 15.6 Å². The molecule has 4 rings (SSSR count). The largest absolute Gasteiger partial charge is 0.494 e. The molecule has 200 valence electrons. The standard InChI is InChI=1S/C28H28BrF2N3O4/c1-18-28(16-19-3-7-22(29)8-4-19,27(36)34-32-17-20-13-23(30)15-24(31)14-20)33-26(38-18)21-5-9-25(10-6-21)37-12-2-11-35/h3-10,13-15,18,32,35H,2,11-12,16-17H2,1H3,(H,34,36)/t18-,28-/m0/s1. The summed E-state index contributed by atoms with van der Waals surface area (Å²) in [5.74, 6) is -0.873. The summed E-state index contributed by atoms with van der Waals surface area (Å²) < 4.78 is 39.7. The zero-order valence-corrected chi connectivity index (χ0v) is 22.3. The summed E-state index contributed by atoms with van der Waals surface area (Å²) in [6.45, 7) is 2.24. The Kier molecular flexibility index (Phi) is 9.09. The smallest absolute Gasteiger partial charge is 0.266 e. The number of carbonyl (C=O) groups excluding carboxylic acids is 1. The number of carbonyl (C=O) groups is 1. The van der Waals surface area contributed by atoms with Gasteiger partial charge in [0.25, 0.3) is 5.91 Å². The van der Waals surface area contributed by atoms with Crippen molar-refractivity contribution >= 4 is 27.7 Å². The molecule has 38 heavy (non-hydrogen) atoms. The minimum atomic E-state index is -1.31. The van der Waals surface area contributed by atoms with E-state index >= 15 is 0 Å². The van der Waals surface area contributed by atoms with E-state index in [1.54, 1.807) is 31.2 Å². The number of aliphatic hydroxyl groups excluding tert-OH is 1. The van der Waals surface area contributed by atoms with E-state index < -0.39 is 29.2 Å². The molecule has 0 fully saturated rings. The third-order valence-electron chi connectivity index (χ3n) is 6.13. The monoisotopic (exact) mass is 587 g/mol. The Morgan fingerprint density at radius 3 is 2.42 bits per heavy atom. The maximum atomic E-state index is 13.6. The fourth-order valence-corrected chi connectivity index (χ4v) is 4.37. The number of ether oxygens (including phenoxy) is 2. The van der Waals surface area contributed by atoms with Crippen LogP contribution in [0.15, 0.2) is 76.2 Å². The van der Waals surface area contributed by atoms with Crippen molar-refractivity contribution in [3.63, 3.8) is 0 Å². The summed E-state index contributed by atoms with van der Waals surface area (Å²) in [6, 6.07) is 17.9. The van der Waals surface area contributed by atoms with Crippen molar-refractivity contribution in [3.8, 4) is 5.75 Å². The van der Waals surface area contributed by atoms with Crippen molar-refractivity contribution in [3.05, 3.63) is 99.5 Å². The lowest BCUT2D eigenvalue weighted by Crippen LogP contribution is -2.55. The van der Waals surface area contributed by atoms with Crippen LogP contribution in [0, 0.1) is 11.6 Å². The fourth-order valence-electron chi connectivity index (χ4n) is 4.10. The predicted octanol–water partition coefficient (Wildman–Crippen LogP) is 4.46. The Morgan fingerprint density at radius 1 is 1.08 bits per heavy atom. The first kappa shape index (κ1) is 27.7. The first-order valence-corrected chi connectivity index (χ1v) is 12.9. The number of hydrogen-bond acceptors (Lipinski definition) is 6. The Labute approximate surface area is 228 Å². The third-order valence-corrected chi connectivity index (χ3v) is 6.66. The Hall–Kier alpha value is -3.34. The molecule has 3 aromatic rings. The molecule has 0 spiro atoms. The van der Waals surface area contributed by atoms with Gasteiger partial charge in [0.1, 0.15) is 23.5 Å². The van der Waals surface area contributed by atoms with Crippen LogP contribution >= 0.6 is 15.9 Å². The topological polar surface area (TPSA) is 92.2 Å². The summed E-state index contributed by atoms with van der Waals surface area (Å²) in [4.78, 5) is 18.4. The molecule has 3 aromatic carbocycles. The Balaban J connectivity index is 1.56. The molecule has 2 atom stereocenters. The zero-order valence-electron chi connectivity index (χ0n) is 20.7. The lowest BCUT2D eigenvalue weighted by molar-refractivity contribution is -0.129. The molecule has 0 unspecified atom stereocenters. The number of amides is 1. The van der Waals surface area contributed by atoms with Crippen LogP contribution in [0.4, 0.5) is 8.78 Å². The van der Waals surface area contributed by atoms with Gasteiger partial charge in [0.2, 0.25) is 5.90 Å². The molecule has 0 aromatic heterocycles. The van der Waals surface area contributed by atoms with Gasteiger partial charge in [-0.3, -0.25) is 10.2 Å². The second-order valence-electron chi connectivity index (χ2n) is 8.94. The van der Waals surface area contributed by atoms with E-state index in [4.69, 9.17) is 19.6 Å². The molecule has 1 aliphatic heterocycles. The second kappa shape index (κ2) is 12.5. The third kappa shape index (κ3) is 6.75. The summed E-state index contributed by atoms with van der Waals surface area (Å²) in [6.07, 6.45) is 0.176. The van der Waals surface area contributed by atoms with Crippen molar-refractivity contribution in [2.75, 3.05) is 13.2 Å². The average molecular weight is 588 g/mol. The van der Waals surface area contributed by atoms with Gasteiger partial charge < -0.3 is 14.6 Å². The Morgan fingerprint density at radius 2 is 1.76 bits per heavy atom. The number of rotatable bonds is 11. The molecule has 3 N–H and O–H groups in total. The van der Waals surface area contributed by atoms with Crippen LogP contribution in [-0.4, -0.2) is 41.8 Å². The van der Waals surface area contributed by atoms with Crippen LogP contribution in [0.3, 0.4) is 0 Å². The average Bonchev–Trinajstić information content (AvgIpc) is 3.22. The molecular weight excluding hydrogens is 560 g/mol. The number of nitrogens with one attached hydrogen (secondary N) is 2. The number of aliphatic hydroxyl groups is 1. The van der Waals surface area contributed by atoms with E-state index in [0.29, 0.717) is 35.8 Å². The molecule has 0 radical (unpaired) electrons. The first-order chi connectivity index (χ1) is 18.3. The van der Waals surface area contributed by atoms with Crippen molar-refractivity contribution in [2.24, 2.45) is 4.99 Å². The minimum absolute atomic E-state index is 0.0122. The highest BCUT2D eigenvalue weighted by Gasteiger charge is 2.50. The van der Waals surface area contributed by atoms with Gasteiger partial charge in [0, 0.05) is 42.1 Å². The SMILES string of the molecule is C[C@@H]1OC(c2ccc(OCCCO)cc2)=N[C@]1(Cc1ccc(Br)cc1)C(=O)NNCc1cc(F)cc(F)c1. The molecule has 7 nitrogen and oxygen atoms in total. The lowest BCUT2D eigenvalue weighted by Gasteiger charge is -2.28. The van der Waals surface area contributed by atoms with Crippen molar-refractivity contribution in [1.82, 2.24) is 10.9 Å². The maximum Gasteiger partial charge on any atom is 0.266 e. The minimum Gasteiger partial charge on any atom is -0.494 e. The quantitative estimate of drug-likeness (QED) is 0.228. The van der Waals surface area contributed by atoms with Gasteiger partial charge in [-0.1, -0.05) is 28.1 Å². The highest BCUT2D eigenvalue weighted by molar-refractivity contribution is 9.10. The summed E-state index contributed by atoms with van der Waals surface area (Å²) in [5.41, 5.74) is 6.01. The highest BCUT2D eigenvalue weighted by atomic mass is 79.9. The van der Waals surface area contributed by atoms with Crippen LogP contribution in [0.25, 0.3) is 0 Å². The molecule has 0 bridgehead atoms. The van der Waals surface area contributed by atoms with E-state index in [0.717, 1.165) is 16.1 Å². The van der Waals surface area contributed by atoms with Gasteiger partial charge in [-0.05, 0) is 66.6 Å². The number of hydrogen-bond donors (Lipinski definition) is 3. The molecule has 0 aliphatic carbocycles. The number of halogens is 3. The van der Waals surface area contributed by atoms with E-state index in [1.807, 2.05) is 24.3 Å². The van der Waals surface area contributed by atoms with Crippen LogP contribution in [-0.2, 0) is 22.5 Å². The van der Waals surface area contributed by atoms with Gasteiger partial charge in [-0.2, -0.15) is 0 Å². The van der Waals surface area contributed by atoms with Crippen molar-refractivity contribution in [2.45, 2.75) is 38.0 Å². The van der Waals surface area contributed by atoms with E-state index in [1.165, 1.54) is 12.1 Å². The van der Waals surface area contributed by atoms with Gasteiger partial charge in [-0.15, -0.1) is 0 Å². The van der Waals surface area contributed by atoms with Crippen LogP contribution in [0.5, 0.6) is 5.75 Å². The second-order valence-corrected chi connectivity index (χ2v) is 9.86. The van der Waals surface area contributed by atoms with Crippen LogP contribution in [0.1, 0.15) is 30.0 Å². The van der Waals surface area contributed by atoms with Gasteiger partial charge in [0.15, 0.2) is 5.54 Å². The number of benzene rings is 3. The van der Waals surface area contributed by atoms with Gasteiger partial charge in [-0.25, -0.2) is 19.2 Å². The summed E-state index contributed by atoms with van der Waals surface area (Å²) >= 11 is 3.43. The maximum absolute atomic E-state index is 13.6. The summed E-state index contributed by atoms with van der Waals surface area (Å²) in [5, 5.41) is 8.92. The van der Waals surface area contributed by atoms with Crippen molar-refractivity contribution < 1.29 is 28.2 Å². The highest BCUT2D eigenvalue weighted by Crippen LogP contribution is 2.33. The molecule has 1 aliphatic rings. The normalized spacial score (nSPS) is 18.6. The van der Waals surface area contributed by atoms with Crippen molar-refractivity contribution in [1.29, 1.82) is 0 Å². The number of nitrogens with zero attached hydrogens (tertiary/aromatic N) is 1. The fraction of sp³-hybridized carbons (Fsp3) is 0.286. The molecule has 0 saturated heterocycles. The Bertz CT molecular complexity index is 1270. The van der Waals surface area contributed by atoms with Gasteiger partial charge in [0.05, 0.1) is 6.61 Å². The van der Waals surface area contributed by atoms with E-state index in [-0.39, 0.29) is 19.6 Å². The lowest BCUT2D eigenvalue weighted by atomic mass is 9.86. The number of aliphatic imine (C=N–C) groups is 1. The van der Waals surface area contributed by atoms with Crippen LogP contribution in [0.2, 0.25) is 0 Å². The summed E-state index contributed by atoms with van der Waals surface area (Å²) in [7, 11) is 0. The van der Waals surface area contributed by atoms with E-state index in [9.17, 15) is 13.6 Å². The zero-order chi connectivity index (χ0) is 27.1. The first-order valence-electron chi connectivity index (χ1n) is 12.1. The molecular formula is C28H28BrF2N3O4. The van der Waals surface area contributed by atoms with E-state index in [2.05, 4.69) is 26.8 Å². The molecule has 1 heterocycles. The molecule has 10 heteroatoms. The van der Waals surface area contributed by atoms with Gasteiger partial charge >= 0.3 is 0 Å². The molecule has 1 amide bonds. The predicted molar refractivity (Wildman–Crippen MR) is 143 cm³/mol. The molecule has 0 saturated carbocycles. The number of hydrazine groups is 1.